The van der Waals surface area contributed by atoms with Crippen molar-refractivity contribution in [3.05, 3.63) is 65.2 Å². The molecule has 1 aliphatic rings. The number of nitrogens with two attached hydrogens (primary N) is 1. The smallest absolute Gasteiger partial charge is 0.230 e. The van der Waals surface area contributed by atoms with Gasteiger partial charge in [-0.3, -0.25) is 4.79 Å². The summed E-state index contributed by atoms with van der Waals surface area (Å²) in [7, 11) is 0. The Balaban J connectivity index is 0.00000208. The van der Waals surface area contributed by atoms with Crippen LogP contribution < -0.4 is 11.1 Å². The minimum absolute atomic E-state index is 0. The quantitative estimate of drug-likeness (QED) is 0.832. The SMILES string of the molecule is CC1(C(=O)NCCc2ccc(N)cc2)CCCc2ccccc21.Cl. The van der Waals surface area contributed by atoms with Gasteiger partial charge >= 0.3 is 0 Å². The highest BCUT2D eigenvalue weighted by molar-refractivity contribution is 5.88. The Morgan fingerprint density at radius 3 is 2.62 bits per heavy atom. The van der Waals surface area contributed by atoms with Gasteiger partial charge in [0.1, 0.15) is 0 Å². The number of nitrogens with one attached hydrogen (secondary N) is 1. The molecule has 1 aliphatic carbocycles. The van der Waals surface area contributed by atoms with Crippen LogP contribution in [0.5, 0.6) is 0 Å². The average molecular weight is 345 g/mol. The van der Waals surface area contributed by atoms with Crippen molar-refractivity contribution in [1.29, 1.82) is 0 Å². The number of nitrogen functional groups attached to an aromatic ring is 1. The van der Waals surface area contributed by atoms with Crippen LogP contribution in [-0.2, 0) is 23.1 Å². The summed E-state index contributed by atoms with van der Waals surface area (Å²) in [5.74, 6) is 0.139. The lowest BCUT2D eigenvalue weighted by atomic mass is 9.70. The normalized spacial score (nSPS) is 19.0. The predicted molar refractivity (Wildman–Crippen MR) is 102 cm³/mol. The van der Waals surface area contributed by atoms with Gasteiger partial charge in [0.05, 0.1) is 5.41 Å². The monoisotopic (exact) mass is 344 g/mol. The van der Waals surface area contributed by atoms with E-state index >= 15 is 0 Å². The second-order valence-electron chi connectivity index (χ2n) is 6.59. The Morgan fingerprint density at radius 1 is 1.17 bits per heavy atom. The van der Waals surface area contributed by atoms with Crippen molar-refractivity contribution in [3.63, 3.8) is 0 Å². The molecule has 2 aromatic carbocycles. The summed E-state index contributed by atoms with van der Waals surface area (Å²) < 4.78 is 0. The Bertz CT molecular complexity index is 699. The number of amides is 1. The fraction of sp³-hybridized carbons (Fsp3) is 0.350. The standard InChI is InChI=1S/C20H24N2O.ClH/c1-20(13-4-6-16-5-2-3-7-18(16)20)19(23)22-14-12-15-8-10-17(21)11-9-15;/h2-3,5,7-11H,4,6,12-14,21H2,1H3,(H,22,23);1H. The van der Waals surface area contributed by atoms with Gasteiger partial charge in [-0.1, -0.05) is 36.4 Å². The average Bonchev–Trinajstić information content (AvgIpc) is 2.57. The Hall–Kier alpha value is -2.00. The van der Waals surface area contributed by atoms with E-state index in [1.165, 1.54) is 16.7 Å². The van der Waals surface area contributed by atoms with E-state index in [2.05, 4.69) is 30.4 Å². The van der Waals surface area contributed by atoms with Gasteiger partial charge in [-0.15, -0.1) is 12.4 Å². The van der Waals surface area contributed by atoms with Crippen LogP contribution in [0, 0.1) is 0 Å². The van der Waals surface area contributed by atoms with E-state index < -0.39 is 5.41 Å². The molecule has 24 heavy (non-hydrogen) atoms. The zero-order valence-corrected chi connectivity index (χ0v) is 14.9. The van der Waals surface area contributed by atoms with Gasteiger partial charge in [-0.2, -0.15) is 0 Å². The molecule has 3 nitrogen and oxygen atoms in total. The highest BCUT2D eigenvalue weighted by atomic mass is 35.5. The van der Waals surface area contributed by atoms with Gasteiger partial charge < -0.3 is 11.1 Å². The molecule has 0 saturated heterocycles. The molecule has 0 fully saturated rings. The first kappa shape index (κ1) is 18.3. The Labute approximate surface area is 150 Å². The fourth-order valence-electron chi connectivity index (χ4n) is 3.48. The third-order valence-corrected chi connectivity index (χ3v) is 4.91. The van der Waals surface area contributed by atoms with Crippen LogP contribution in [0.3, 0.4) is 0 Å². The third kappa shape index (κ3) is 3.73. The number of anilines is 1. The maximum absolute atomic E-state index is 12.8. The lowest BCUT2D eigenvalue weighted by Crippen LogP contribution is -2.45. The predicted octanol–water partition coefficient (Wildman–Crippen LogP) is 3.64. The summed E-state index contributed by atoms with van der Waals surface area (Å²) in [6.45, 7) is 2.73. The van der Waals surface area contributed by atoms with Gasteiger partial charge in [-0.25, -0.2) is 0 Å². The number of carbonyl (C=O) groups excluding carboxylic acids is 1. The molecule has 4 heteroatoms. The minimum Gasteiger partial charge on any atom is -0.399 e. The number of hydrogen-bond donors (Lipinski definition) is 2. The van der Waals surface area contributed by atoms with Crippen LogP contribution in [0.1, 0.15) is 36.5 Å². The molecule has 128 valence electrons. The summed E-state index contributed by atoms with van der Waals surface area (Å²) in [5.41, 5.74) is 9.75. The summed E-state index contributed by atoms with van der Waals surface area (Å²) in [5, 5.41) is 3.13. The second-order valence-corrected chi connectivity index (χ2v) is 6.59. The van der Waals surface area contributed by atoms with Crippen molar-refractivity contribution in [1.82, 2.24) is 5.32 Å². The molecule has 0 bridgehead atoms. The number of carbonyl (C=O) groups is 1. The highest BCUT2D eigenvalue weighted by Gasteiger charge is 2.38. The number of aryl methyl sites for hydroxylation is 1. The molecule has 0 heterocycles. The van der Waals surface area contributed by atoms with Crippen LogP contribution in [-0.4, -0.2) is 12.5 Å². The van der Waals surface area contributed by atoms with Gasteiger partial charge in [0, 0.05) is 12.2 Å². The Morgan fingerprint density at radius 2 is 1.88 bits per heavy atom. The van der Waals surface area contributed by atoms with Gasteiger partial charge in [-0.05, 0) is 61.4 Å². The zero-order valence-electron chi connectivity index (χ0n) is 14.0. The molecule has 3 N–H and O–H groups in total. The van der Waals surface area contributed by atoms with Crippen LogP contribution in [0.25, 0.3) is 0 Å². The maximum atomic E-state index is 12.8. The lowest BCUT2D eigenvalue weighted by Gasteiger charge is -2.34. The zero-order chi connectivity index (χ0) is 16.3. The molecule has 0 saturated carbocycles. The van der Waals surface area contributed by atoms with E-state index in [1.54, 1.807) is 0 Å². The van der Waals surface area contributed by atoms with Crippen LogP contribution in [0.2, 0.25) is 0 Å². The van der Waals surface area contributed by atoms with E-state index in [-0.39, 0.29) is 18.3 Å². The number of rotatable bonds is 4. The first-order valence-corrected chi connectivity index (χ1v) is 8.31. The molecule has 1 atom stereocenters. The molecule has 0 radical (unpaired) electrons. The van der Waals surface area contributed by atoms with Gasteiger partial charge in [0.15, 0.2) is 0 Å². The van der Waals surface area contributed by atoms with E-state index in [4.69, 9.17) is 5.73 Å². The first-order valence-electron chi connectivity index (χ1n) is 8.31. The Kier molecular flexibility index (Phi) is 5.89. The van der Waals surface area contributed by atoms with E-state index in [9.17, 15) is 4.79 Å². The van der Waals surface area contributed by atoms with Gasteiger partial charge in [0.2, 0.25) is 5.91 Å². The minimum atomic E-state index is -0.407. The first-order chi connectivity index (χ1) is 11.1. The molecule has 2 aromatic rings. The summed E-state index contributed by atoms with van der Waals surface area (Å²) in [6, 6.07) is 16.2. The number of hydrogen-bond acceptors (Lipinski definition) is 2. The van der Waals surface area contributed by atoms with Crippen LogP contribution in [0.4, 0.5) is 5.69 Å². The third-order valence-electron chi connectivity index (χ3n) is 4.91. The molecular weight excluding hydrogens is 320 g/mol. The number of fused-ring (bicyclic) bond motifs is 1. The summed E-state index contributed by atoms with van der Waals surface area (Å²) >= 11 is 0. The molecule has 3 rings (SSSR count). The van der Waals surface area contributed by atoms with E-state index in [0.29, 0.717) is 6.54 Å². The lowest BCUT2D eigenvalue weighted by molar-refractivity contribution is -0.126. The summed E-state index contributed by atoms with van der Waals surface area (Å²) in [4.78, 5) is 12.8. The molecule has 0 aliphatic heterocycles. The highest BCUT2D eigenvalue weighted by Crippen LogP contribution is 2.37. The van der Waals surface area contributed by atoms with Crippen molar-refractivity contribution in [3.8, 4) is 0 Å². The van der Waals surface area contributed by atoms with Crippen molar-refractivity contribution < 1.29 is 4.79 Å². The fourth-order valence-corrected chi connectivity index (χ4v) is 3.48. The number of halogens is 1. The largest absolute Gasteiger partial charge is 0.399 e. The van der Waals surface area contributed by atoms with Crippen molar-refractivity contribution in [2.45, 2.75) is 38.0 Å². The van der Waals surface area contributed by atoms with E-state index in [1.807, 2.05) is 30.3 Å². The molecule has 0 spiro atoms. The van der Waals surface area contributed by atoms with Crippen LogP contribution in [0.15, 0.2) is 48.5 Å². The maximum Gasteiger partial charge on any atom is 0.230 e. The van der Waals surface area contributed by atoms with Crippen molar-refractivity contribution in [2.75, 3.05) is 12.3 Å². The van der Waals surface area contributed by atoms with Gasteiger partial charge in [0.25, 0.3) is 0 Å². The second kappa shape index (κ2) is 7.71. The molecule has 0 aromatic heterocycles. The molecular formula is C20H25ClN2O. The number of benzene rings is 2. The molecule has 1 amide bonds. The van der Waals surface area contributed by atoms with Crippen molar-refractivity contribution in [2.24, 2.45) is 0 Å². The van der Waals surface area contributed by atoms with Crippen molar-refractivity contribution >= 4 is 24.0 Å². The van der Waals surface area contributed by atoms with E-state index in [0.717, 1.165) is 31.4 Å². The molecule has 1 unspecified atom stereocenters. The van der Waals surface area contributed by atoms with Crippen LogP contribution >= 0.6 is 12.4 Å². The topological polar surface area (TPSA) is 55.1 Å². The summed E-state index contributed by atoms with van der Waals surface area (Å²) in [6.07, 6.45) is 3.88.